The molecule has 1 saturated heterocycles. The van der Waals surface area contributed by atoms with Crippen molar-refractivity contribution in [1.82, 2.24) is 10.2 Å². The van der Waals surface area contributed by atoms with Crippen molar-refractivity contribution in [2.45, 2.75) is 36.1 Å². The highest BCUT2D eigenvalue weighted by Crippen LogP contribution is 2.38. The van der Waals surface area contributed by atoms with Crippen molar-refractivity contribution in [1.29, 1.82) is 0 Å². The fourth-order valence-electron chi connectivity index (χ4n) is 3.97. The van der Waals surface area contributed by atoms with E-state index in [1.54, 1.807) is 17.8 Å². The highest BCUT2D eigenvalue weighted by atomic mass is 32.2. The SMILES string of the molecule is O=C(NCc1ccc2c(c1)OCO2)c1ccc2c(c1)NC(=O)C(N1CCCCC1)S2. The Morgan fingerprint density at radius 3 is 2.80 bits per heavy atom. The minimum atomic E-state index is -0.191. The van der Waals surface area contributed by atoms with Crippen LogP contribution in [0.3, 0.4) is 0 Å². The van der Waals surface area contributed by atoms with Gasteiger partial charge in [-0.05, 0) is 61.8 Å². The number of hydrogen-bond donors (Lipinski definition) is 2. The van der Waals surface area contributed by atoms with E-state index in [1.165, 1.54) is 6.42 Å². The van der Waals surface area contributed by atoms with Gasteiger partial charge in [0.2, 0.25) is 6.79 Å². The molecule has 1 atom stereocenters. The number of nitrogens with one attached hydrogen (secondary N) is 2. The van der Waals surface area contributed by atoms with Crippen LogP contribution in [0.2, 0.25) is 0 Å². The molecule has 30 heavy (non-hydrogen) atoms. The summed E-state index contributed by atoms with van der Waals surface area (Å²) in [6.07, 6.45) is 3.51. The van der Waals surface area contributed by atoms with Gasteiger partial charge in [0.1, 0.15) is 5.37 Å². The predicted molar refractivity (Wildman–Crippen MR) is 114 cm³/mol. The Balaban J connectivity index is 1.25. The van der Waals surface area contributed by atoms with E-state index in [1.807, 2.05) is 30.3 Å². The molecule has 5 rings (SSSR count). The number of ether oxygens (including phenoxy) is 2. The molecule has 0 spiro atoms. The van der Waals surface area contributed by atoms with Gasteiger partial charge in [0.15, 0.2) is 11.5 Å². The first kappa shape index (κ1) is 19.3. The number of piperidine rings is 1. The maximum Gasteiger partial charge on any atom is 0.252 e. The molecule has 0 radical (unpaired) electrons. The van der Waals surface area contributed by atoms with Gasteiger partial charge in [0, 0.05) is 17.0 Å². The third-order valence-corrected chi connectivity index (χ3v) is 6.92. The molecule has 7 nitrogen and oxygen atoms in total. The van der Waals surface area contributed by atoms with Gasteiger partial charge in [-0.25, -0.2) is 0 Å². The summed E-state index contributed by atoms with van der Waals surface area (Å²) < 4.78 is 10.7. The smallest absolute Gasteiger partial charge is 0.252 e. The molecular formula is C22H23N3O4S. The lowest BCUT2D eigenvalue weighted by molar-refractivity contribution is -0.118. The van der Waals surface area contributed by atoms with Gasteiger partial charge in [-0.1, -0.05) is 24.2 Å². The molecule has 2 aromatic rings. The summed E-state index contributed by atoms with van der Waals surface area (Å²) in [7, 11) is 0. The van der Waals surface area contributed by atoms with Gasteiger partial charge < -0.3 is 20.1 Å². The average Bonchev–Trinajstić information content (AvgIpc) is 3.25. The number of rotatable bonds is 4. The lowest BCUT2D eigenvalue weighted by Gasteiger charge is -2.35. The fraction of sp³-hybridized carbons (Fsp3) is 0.364. The number of nitrogens with zero attached hydrogens (tertiary/aromatic N) is 1. The van der Waals surface area contributed by atoms with E-state index in [0.29, 0.717) is 23.5 Å². The van der Waals surface area contributed by atoms with Crippen LogP contribution in [0.4, 0.5) is 5.69 Å². The molecule has 1 fully saturated rings. The summed E-state index contributed by atoms with van der Waals surface area (Å²) in [5.74, 6) is 1.22. The normalized spacial score (nSPS) is 20.4. The van der Waals surface area contributed by atoms with Gasteiger partial charge in [0.05, 0.1) is 5.69 Å². The van der Waals surface area contributed by atoms with Gasteiger partial charge >= 0.3 is 0 Å². The number of thioether (sulfide) groups is 1. The van der Waals surface area contributed by atoms with Crippen LogP contribution in [0.5, 0.6) is 11.5 Å². The minimum Gasteiger partial charge on any atom is -0.454 e. The van der Waals surface area contributed by atoms with Crippen molar-refractivity contribution in [3.8, 4) is 11.5 Å². The molecule has 2 N–H and O–H groups in total. The van der Waals surface area contributed by atoms with Crippen LogP contribution in [0, 0.1) is 0 Å². The Kier molecular flexibility index (Phi) is 5.26. The van der Waals surface area contributed by atoms with Crippen molar-refractivity contribution >= 4 is 29.3 Å². The van der Waals surface area contributed by atoms with E-state index < -0.39 is 0 Å². The number of likely N-dealkylation sites (tertiary alicyclic amines) is 1. The van der Waals surface area contributed by atoms with E-state index in [-0.39, 0.29) is 24.0 Å². The highest BCUT2D eigenvalue weighted by Gasteiger charge is 2.33. The van der Waals surface area contributed by atoms with Crippen molar-refractivity contribution in [2.75, 3.05) is 25.2 Å². The number of carbonyl (C=O) groups is 2. The average molecular weight is 426 g/mol. The number of benzene rings is 2. The molecule has 2 aromatic carbocycles. The Morgan fingerprint density at radius 2 is 1.93 bits per heavy atom. The minimum absolute atomic E-state index is 0.00711. The molecule has 2 amide bonds. The molecule has 0 saturated carbocycles. The molecule has 3 aliphatic heterocycles. The standard InChI is InChI=1S/C22H23N3O4S/c26-20(23-12-14-4-6-17-18(10-14)29-13-28-17)15-5-7-19-16(11-15)24-21(27)22(30-19)25-8-2-1-3-9-25/h4-7,10-11,22H,1-3,8-9,12-13H2,(H,23,26)(H,24,27). The van der Waals surface area contributed by atoms with Gasteiger partial charge in [-0.15, -0.1) is 0 Å². The van der Waals surface area contributed by atoms with Gasteiger partial charge in [0.25, 0.3) is 11.8 Å². The molecule has 8 heteroatoms. The maximum absolute atomic E-state index is 12.6. The summed E-state index contributed by atoms with van der Waals surface area (Å²) in [5.41, 5.74) is 2.15. The largest absolute Gasteiger partial charge is 0.454 e. The molecule has 0 aromatic heterocycles. The number of fused-ring (bicyclic) bond motifs is 2. The van der Waals surface area contributed by atoms with E-state index in [0.717, 1.165) is 42.1 Å². The number of amides is 2. The van der Waals surface area contributed by atoms with Crippen LogP contribution in [-0.2, 0) is 11.3 Å². The first-order valence-corrected chi connectivity index (χ1v) is 11.1. The van der Waals surface area contributed by atoms with E-state index >= 15 is 0 Å². The first-order valence-electron chi connectivity index (χ1n) is 10.2. The zero-order valence-corrected chi connectivity index (χ0v) is 17.3. The Morgan fingerprint density at radius 1 is 1.10 bits per heavy atom. The molecule has 156 valence electrons. The van der Waals surface area contributed by atoms with E-state index in [2.05, 4.69) is 15.5 Å². The quantitative estimate of drug-likeness (QED) is 0.783. The molecule has 0 aliphatic carbocycles. The van der Waals surface area contributed by atoms with Gasteiger partial charge in [-0.3, -0.25) is 14.5 Å². The summed E-state index contributed by atoms with van der Waals surface area (Å²) >= 11 is 1.57. The number of anilines is 1. The van der Waals surface area contributed by atoms with Crippen LogP contribution < -0.4 is 20.1 Å². The lowest BCUT2D eigenvalue weighted by atomic mass is 10.1. The molecule has 3 heterocycles. The first-order chi connectivity index (χ1) is 14.7. The van der Waals surface area contributed by atoms with Gasteiger partial charge in [-0.2, -0.15) is 0 Å². The number of carbonyl (C=O) groups excluding carboxylic acids is 2. The Bertz CT molecular complexity index is 990. The van der Waals surface area contributed by atoms with Crippen LogP contribution >= 0.6 is 11.8 Å². The maximum atomic E-state index is 12.6. The zero-order valence-electron chi connectivity index (χ0n) is 16.5. The summed E-state index contributed by atoms with van der Waals surface area (Å²) in [4.78, 5) is 28.5. The van der Waals surface area contributed by atoms with Crippen molar-refractivity contribution in [3.05, 3.63) is 47.5 Å². The van der Waals surface area contributed by atoms with Crippen LogP contribution in [0.15, 0.2) is 41.3 Å². The highest BCUT2D eigenvalue weighted by molar-refractivity contribution is 8.00. The molecule has 1 unspecified atom stereocenters. The third kappa shape index (κ3) is 3.85. The monoisotopic (exact) mass is 425 g/mol. The van der Waals surface area contributed by atoms with Crippen LogP contribution in [0.25, 0.3) is 0 Å². The van der Waals surface area contributed by atoms with Crippen molar-refractivity contribution < 1.29 is 19.1 Å². The lowest BCUT2D eigenvalue weighted by Crippen LogP contribution is -2.46. The van der Waals surface area contributed by atoms with Crippen molar-refractivity contribution in [3.63, 3.8) is 0 Å². The summed E-state index contributed by atoms with van der Waals surface area (Å²) in [5, 5.41) is 5.72. The molecule has 3 aliphatic rings. The van der Waals surface area contributed by atoms with Crippen LogP contribution in [0.1, 0.15) is 35.2 Å². The van der Waals surface area contributed by atoms with Crippen molar-refractivity contribution in [2.24, 2.45) is 0 Å². The number of hydrogen-bond acceptors (Lipinski definition) is 6. The molecule has 0 bridgehead atoms. The summed E-state index contributed by atoms with van der Waals surface area (Å²) in [6.45, 7) is 2.52. The topological polar surface area (TPSA) is 79.9 Å². The fourth-order valence-corrected chi connectivity index (χ4v) is 5.12. The molecular weight excluding hydrogens is 402 g/mol. The second-order valence-corrected chi connectivity index (χ2v) is 8.76. The Hall–Kier alpha value is -2.71. The predicted octanol–water partition coefficient (Wildman–Crippen LogP) is 3.20. The second kappa shape index (κ2) is 8.20. The Labute approximate surface area is 179 Å². The summed E-state index contributed by atoms with van der Waals surface area (Å²) in [6, 6.07) is 11.1. The van der Waals surface area contributed by atoms with E-state index in [9.17, 15) is 9.59 Å². The second-order valence-electron chi connectivity index (χ2n) is 7.64. The van der Waals surface area contributed by atoms with Crippen LogP contribution in [-0.4, -0.2) is 42.0 Å². The zero-order chi connectivity index (χ0) is 20.5. The third-order valence-electron chi connectivity index (χ3n) is 5.57. The van der Waals surface area contributed by atoms with E-state index in [4.69, 9.17) is 9.47 Å².